The average Bonchev–Trinajstić information content (AvgIpc) is 3.17. The van der Waals surface area contributed by atoms with Crippen LogP contribution in [0.5, 0.6) is 0 Å². The van der Waals surface area contributed by atoms with Crippen molar-refractivity contribution in [2.75, 3.05) is 18.5 Å². The van der Waals surface area contributed by atoms with Crippen molar-refractivity contribution >= 4 is 45.5 Å². The lowest BCUT2D eigenvalue weighted by Gasteiger charge is -2.04. The van der Waals surface area contributed by atoms with Gasteiger partial charge in [-0.25, -0.2) is 4.79 Å². The first-order valence-electron chi connectivity index (χ1n) is 7.40. The second-order valence-electron chi connectivity index (χ2n) is 4.87. The van der Waals surface area contributed by atoms with Crippen molar-refractivity contribution in [3.63, 3.8) is 0 Å². The SMILES string of the molecule is CCOC(=O)c1sc(NC(=O)CCNC(=O)c2cccs2)cc1C. The summed E-state index contributed by atoms with van der Waals surface area (Å²) in [6.07, 6.45) is 0.156. The second-order valence-corrected chi connectivity index (χ2v) is 6.87. The number of carbonyl (C=O) groups excluding carboxylic acids is 3. The minimum atomic E-state index is -0.385. The molecular formula is C16H18N2O4S2. The highest BCUT2D eigenvalue weighted by molar-refractivity contribution is 7.18. The molecule has 2 amide bonds. The van der Waals surface area contributed by atoms with Crippen LogP contribution in [0, 0.1) is 6.92 Å². The Kier molecular flexibility index (Phi) is 6.51. The van der Waals surface area contributed by atoms with Gasteiger partial charge in [0.05, 0.1) is 16.5 Å². The van der Waals surface area contributed by atoms with Gasteiger partial charge in [0.1, 0.15) is 4.88 Å². The molecule has 2 aromatic rings. The van der Waals surface area contributed by atoms with E-state index in [9.17, 15) is 14.4 Å². The zero-order valence-corrected chi connectivity index (χ0v) is 15.0. The number of thiophene rings is 2. The second kappa shape index (κ2) is 8.60. The number of carbonyl (C=O) groups is 3. The number of ether oxygens (including phenoxy) is 1. The molecule has 0 fully saturated rings. The normalized spacial score (nSPS) is 10.2. The number of amides is 2. The first-order chi connectivity index (χ1) is 11.5. The summed E-state index contributed by atoms with van der Waals surface area (Å²) >= 11 is 2.53. The van der Waals surface area contributed by atoms with E-state index >= 15 is 0 Å². The van der Waals surface area contributed by atoms with Crippen molar-refractivity contribution in [2.24, 2.45) is 0 Å². The average molecular weight is 366 g/mol. The lowest BCUT2D eigenvalue weighted by Crippen LogP contribution is -2.26. The van der Waals surface area contributed by atoms with Gasteiger partial charge in [-0.05, 0) is 36.9 Å². The van der Waals surface area contributed by atoms with Crippen LogP contribution in [0.3, 0.4) is 0 Å². The van der Waals surface area contributed by atoms with Crippen LogP contribution in [-0.4, -0.2) is 30.9 Å². The van der Waals surface area contributed by atoms with E-state index in [1.807, 2.05) is 5.38 Å². The first-order valence-corrected chi connectivity index (χ1v) is 9.10. The van der Waals surface area contributed by atoms with E-state index in [1.54, 1.807) is 32.0 Å². The molecule has 2 N–H and O–H groups in total. The molecule has 0 unspecified atom stereocenters. The van der Waals surface area contributed by atoms with Crippen LogP contribution in [0.25, 0.3) is 0 Å². The lowest BCUT2D eigenvalue weighted by molar-refractivity contribution is -0.116. The van der Waals surface area contributed by atoms with E-state index < -0.39 is 0 Å². The quantitative estimate of drug-likeness (QED) is 0.738. The van der Waals surface area contributed by atoms with E-state index in [4.69, 9.17) is 4.74 Å². The summed E-state index contributed by atoms with van der Waals surface area (Å²) in [4.78, 5) is 36.5. The van der Waals surface area contributed by atoms with Crippen LogP contribution in [0.4, 0.5) is 5.00 Å². The van der Waals surface area contributed by atoms with Crippen molar-refractivity contribution in [1.29, 1.82) is 0 Å². The zero-order chi connectivity index (χ0) is 17.5. The minimum absolute atomic E-state index is 0.156. The third-order valence-electron chi connectivity index (χ3n) is 3.02. The van der Waals surface area contributed by atoms with E-state index in [-0.39, 0.29) is 30.7 Å². The molecule has 2 aromatic heterocycles. The molecule has 128 valence electrons. The van der Waals surface area contributed by atoms with Crippen LogP contribution < -0.4 is 10.6 Å². The summed E-state index contributed by atoms with van der Waals surface area (Å²) in [5, 5.41) is 7.83. The van der Waals surface area contributed by atoms with Crippen LogP contribution in [-0.2, 0) is 9.53 Å². The Labute approximate surface area is 147 Å². The molecule has 6 nitrogen and oxygen atoms in total. The van der Waals surface area contributed by atoms with Gasteiger partial charge in [-0.2, -0.15) is 0 Å². The Morgan fingerprint density at radius 2 is 2.08 bits per heavy atom. The molecule has 24 heavy (non-hydrogen) atoms. The Balaban J connectivity index is 1.81. The van der Waals surface area contributed by atoms with Gasteiger partial charge in [-0.3, -0.25) is 9.59 Å². The summed E-state index contributed by atoms with van der Waals surface area (Å²) < 4.78 is 4.97. The maximum atomic E-state index is 11.9. The molecule has 0 aromatic carbocycles. The molecule has 0 aliphatic rings. The Morgan fingerprint density at radius 1 is 1.29 bits per heavy atom. The highest BCUT2D eigenvalue weighted by atomic mass is 32.1. The number of nitrogens with one attached hydrogen (secondary N) is 2. The fourth-order valence-electron chi connectivity index (χ4n) is 1.93. The molecule has 2 heterocycles. The topological polar surface area (TPSA) is 84.5 Å². The molecule has 2 rings (SSSR count). The number of hydrogen-bond donors (Lipinski definition) is 2. The first kappa shape index (κ1) is 18.2. The van der Waals surface area contributed by atoms with Crippen molar-refractivity contribution in [1.82, 2.24) is 5.32 Å². The monoisotopic (exact) mass is 366 g/mol. The summed E-state index contributed by atoms with van der Waals surface area (Å²) in [6.45, 7) is 4.09. The van der Waals surface area contributed by atoms with Crippen LogP contribution >= 0.6 is 22.7 Å². The summed E-state index contributed by atoms with van der Waals surface area (Å²) in [6, 6.07) is 5.26. The van der Waals surface area contributed by atoms with Crippen LogP contribution in [0.1, 0.15) is 38.3 Å². The van der Waals surface area contributed by atoms with E-state index in [1.165, 1.54) is 22.7 Å². The number of aryl methyl sites for hydroxylation is 1. The number of anilines is 1. The summed E-state index contributed by atoms with van der Waals surface area (Å²) in [5.74, 6) is -0.795. The molecule has 0 bridgehead atoms. The number of rotatable bonds is 7. The van der Waals surface area contributed by atoms with E-state index in [0.717, 1.165) is 5.56 Å². The maximum Gasteiger partial charge on any atom is 0.348 e. The third kappa shape index (κ3) is 4.90. The van der Waals surface area contributed by atoms with E-state index in [2.05, 4.69) is 10.6 Å². The summed E-state index contributed by atoms with van der Waals surface area (Å²) in [7, 11) is 0. The molecule has 0 saturated carbocycles. The third-order valence-corrected chi connectivity index (χ3v) is 5.03. The summed E-state index contributed by atoms with van der Waals surface area (Å²) in [5.41, 5.74) is 0.764. The van der Waals surface area contributed by atoms with Gasteiger partial charge >= 0.3 is 5.97 Å². The fourth-order valence-corrected chi connectivity index (χ4v) is 3.55. The van der Waals surface area contributed by atoms with Gasteiger partial charge in [0.15, 0.2) is 0 Å². The molecule has 0 aliphatic heterocycles. The van der Waals surface area contributed by atoms with E-state index in [0.29, 0.717) is 21.4 Å². The van der Waals surface area contributed by atoms with Crippen molar-refractivity contribution in [3.05, 3.63) is 38.9 Å². The highest BCUT2D eigenvalue weighted by Gasteiger charge is 2.16. The molecule has 0 spiro atoms. The van der Waals surface area contributed by atoms with Crippen LogP contribution in [0.2, 0.25) is 0 Å². The van der Waals surface area contributed by atoms with Gasteiger partial charge in [0, 0.05) is 13.0 Å². The molecule has 0 atom stereocenters. The minimum Gasteiger partial charge on any atom is -0.462 e. The Bertz CT molecular complexity index is 723. The molecule has 0 saturated heterocycles. The number of esters is 1. The molecule has 0 radical (unpaired) electrons. The number of hydrogen-bond acceptors (Lipinski definition) is 6. The molecule has 8 heteroatoms. The molecule has 0 aliphatic carbocycles. The molecular weight excluding hydrogens is 348 g/mol. The van der Waals surface area contributed by atoms with Gasteiger partial charge in [0.25, 0.3) is 5.91 Å². The van der Waals surface area contributed by atoms with Crippen molar-refractivity contribution < 1.29 is 19.1 Å². The van der Waals surface area contributed by atoms with Gasteiger partial charge in [0.2, 0.25) is 5.91 Å². The lowest BCUT2D eigenvalue weighted by atomic mass is 10.3. The Morgan fingerprint density at radius 3 is 2.75 bits per heavy atom. The maximum absolute atomic E-state index is 11.9. The smallest absolute Gasteiger partial charge is 0.348 e. The van der Waals surface area contributed by atoms with Crippen molar-refractivity contribution in [3.8, 4) is 0 Å². The zero-order valence-electron chi connectivity index (χ0n) is 13.4. The standard InChI is InChI=1S/C16H18N2O4S2/c1-3-22-16(21)14-10(2)9-13(24-14)18-12(19)6-7-17-15(20)11-5-4-8-23-11/h4-5,8-9H,3,6-7H2,1-2H3,(H,17,20)(H,18,19). The predicted octanol–water partition coefficient (Wildman–Crippen LogP) is 3.05. The predicted molar refractivity (Wildman–Crippen MR) is 94.9 cm³/mol. The largest absolute Gasteiger partial charge is 0.462 e. The fraction of sp³-hybridized carbons (Fsp3) is 0.312. The highest BCUT2D eigenvalue weighted by Crippen LogP contribution is 2.27. The van der Waals surface area contributed by atoms with Gasteiger partial charge < -0.3 is 15.4 Å². The van der Waals surface area contributed by atoms with Crippen molar-refractivity contribution in [2.45, 2.75) is 20.3 Å². The Hall–Kier alpha value is -2.19. The van der Waals surface area contributed by atoms with Gasteiger partial charge in [-0.15, -0.1) is 22.7 Å². The van der Waals surface area contributed by atoms with Gasteiger partial charge in [-0.1, -0.05) is 6.07 Å². The van der Waals surface area contributed by atoms with Crippen LogP contribution in [0.15, 0.2) is 23.6 Å².